The van der Waals surface area contributed by atoms with Crippen molar-refractivity contribution in [2.24, 2.45) is 5.73 Å². The average Bonchev–Trinajstić information content (AvgIpc) is 2.41. The maximum atomic E-state index is 5.80. The predicted molar refractivity (Wildman–Crippen MR) is 86.4 cm³/mol. The minimum absolute atomic E-state index is 0.678. The van der Waals surface area contributed by atoms with Crippen molar-refractivity contribution in [1.82, 2.24) is 4.98 Å². The van der Waals surface area contributed by atoms with Crippen molar-refractivity contribution >= 4 is 45.3 Å². The minimum atomic E-state index is -3.30. The molecule has 1 aromatic heterocycles. The molecule has 0 aliphatic heterocycles. The van der Waals surface area contributed by atoms with Crippen molar-refractivity contribution in [2.45, 2.75) is 6.42 Å². The van der Waals surface area contributed by atoms with Crippen LogP contribution in [0.1, 0.15) is 5.69 Å². The molecule has 0 amide bonds. The quantitative estimate of drug-likeness (QED) is 0.770. The molecule has 0 aliphatic carbocycles. The summed E-state index contributed by atoms with van der Waals surface area (Å²) in [5.41, 5.74) is 6.39. The predicted octanol–water partition coefficient (Wildman–Crippen LogP) is 3.13. The molecule has 0 bridgehead atoms. The van der Waals surface area contributed by atoms with Crippen LogP contribution in [0.5, 0.6) is 0 Å². The van der Waals surface area contributed by atoms with E-state index in [0.29, 0.717) is 6.54 Å². The van der Waals surface area contributed by atoms with Gasteiger partial charge in [-0.1, -0.05) is 6.07 Å². The number of hydrogen-bond donors (Lipinski definition) is 1. The van der Waals surface area contributed by atoms with Gasteiger partial charge in [-0.25, -0.2) is 0 Å². The molecule has 0 spiro atoms. The van der Waals surface area contributed by atoms with Gasteiger partial charge < -0.3 is 5.73 Å². The van der Waals surface area contributed by atoms with E-state index in [4.69, 9.17) is 32.5 Å². The first-order valence-corrected chi connectivity index (χ1v) is 18.0. The van der Waals surface area contributed by atoms with Gasteiger partial charge in [0.25, 0.3) is 0 Å². The van der Waals surface area contributed by atoms with Crippen molar-refractivity contribution < 1.29 is 0 Å². The summed E-state index contributed by atoms with van der Waals surface area (Å²) in [6.07, 6.45) is 2.66. The van der Waals surface area contributed by atoms with Crippen LogP contribution in [-0.4, -0.2) is 26.5 Å². The molecule has 0 unspecified atom stereocenters. The number of benzene rings is 1. The Labute approximate surface area is 128 Å². The van der Waals surface area contributed by atoms with E-state index in [1.807, 2.05) is 48.5 Å². The first-order chi connectivity index (χ1) is 9.04. The van der Waals surface area contributed by atoms with Crippen LogP contribution in [0.4, 0.5) is 0 Å². The second kappa shape index (κ2) is 9.03. The van der Waals surface area contributed by atoms with E-state index in [0.717, 1.165) is 15.7 Å². The number of nitrogens with zero attached hydrogens (tertiary/aromatic N) is 1. The number of halogens is 3. The summed E-state index contributed by atoms with van der Waals surface area (Å²) in [7, 11) is 17.4. The molecule has 1 aromatic carbocycles. The second-order valence-corrected chi connectivity index (χ2v) is 23.5. The Morgan fingerprint density at radius 1 is 0.947 bits per heavy atom. The Bertz CT molecular complexity index is 460. The van der Waals surface area contributed by atoms with E-state index in [9.17, 15) is 0 Å². The molecule has 102 valence electrons. The summed E-state index contributed by atoms with van der Waals surface area (Å²) in [5, 5.41) is 0. The first kappa shape index (κ1) is 17.1. The van der Waals surface area contributed by atoms with Gasteiger partial charge in [-0.05, 0) is 18.7 Å². The maximum absolute atomic E-state index is 5.80. The topological polar surface area (TPSA) is 38.9 Å². The number of hydrogen-bond acceptors (Lipinski definition) is 2. The zero-order chi connectivity index (χ0) is 14.1. The third-order valence-electron chi connectivity index (χ3n) is 2.23. The zero-order valence-electron chi connectivity index (χ0n) is 10.3. The van der Waals surface area contributed by atoms with E-state index in [2.05, 4.69) is 4.98 Å². The first-order valence-electron chi connectivity index (χ1n) is 5.76. The normalized spacial score (nSPS) is 10.5. The van der Waals surface area contributed by atoms with Crippen molar-refractivity contribution in [3.05, 3.63) is 60.4 Å². The van der Waals surface area contributed by atoms with Gasteiger partial charge in [0, 0.05) is 18.3 Å². The summed E-state index contributed by atoms with van der Waals surface area (Å²) >= 11 is -3.30. The Balaban J connectivity index is 0.000000191. The van der Waals surface area contributed by atoms with Crippen LogP contribution < -0.4 is 9.31 Å². The zero-order valence-corrected chi connectivity index (χ0v) is 15.4. The molecule has 2 nitrogen and oxygen atoms in total. The molecule has 0 saturated carbocycles. The SMILES string of the molecule is NCCc1ccccn1.[Cl][Sn]([Cl])([Cl])[c]1ccccc1. The van der Waals surface area contributed by atoms with Gasteiger partial charge in [-0.2, -0.15) is 0 Å². The molecule has 2 N–H and O–H groups in total. The average molecular weight is 424 g/mol. The number of pyridine rings is 1. The third kappa shape index (κ3) is 7.37. The summed E-state index contributed by atoms with van der Waals surface area (Å²) in [6.45, 7) is 0.678. The molecule has 0 aliphatic rings. The third-order valence-corrected chi connectivity index (χ3v) is 9.44. The fourth-order valence-corrected chi connectivity index (χ4v) is 5.48. The molecule has 0 atom stereocenters. The van der Waals surface area contributed by atoms with Gasteiger partial charge >= 0.3 is 75.7 Å². The summed E-state index contributed by atoms with van der Waals surface area (Å²) < 4.78 is 0.904. The van der Waals surface area contributed by atoms with Crippen molar-refractivity contribution in [2.75, 3.05) is 6.54 Å². The fourth-order valence-electron chi connectivity index (χ4n) is 1.32. The van der Waals surface area contributed by atoms with Crippen LogP contribution in [0.3, 0.4) is 0 Å². The van der Waals surface area contributed by atoms with Crippen molar-refractivity contribution in [1.29, 1.82) is 0 Å². The summed E-state index contributed by atoms with van der Waals surface area (Å²) in [4.78, 5) is 4.09. The molecular weight excluding hydrogens is 409 g/mol. The molecule has 19 heavy (non-hydrogen) atoms. The van der Waals surface area contributed by atoms with E-state index >= 15 is 0 Å². The van der Waals surface area contributed by atoms with Crippen molar-refractivity contribution in [3.63, 3.8) is 0 Å². The van der Waals surface area contributed by atoms with Gasteiger partial charge in [0.2, 0.25) is 0 Å². The number of aromatic nitrogens is 1. The van der Waals surface area contributed by atoms with E-state index in [1.54, 1.807) is 6.20 Å². The summed E-state index contributed by atoms with van der Waals surface area (Å²) in [6, 6.07) is 15.3. The molecule has 0 fully saturated rings. The van der Waals surface area contributed by atoms with Crippen LogP contribution >= 0.6 is 26.8 Å². The Morgan fingerprint density at radius 2 is 1.58 bits per heavy atom. The van der Waals surface area contributed by atoms with Crippen LogP contribution in [-0.2, 0) is 6.42 Å². The van der Waals surface area contributed by atoms with Crippen LogP contribution in [0.15, 0.2) is 54.7 Å². The molecular formula is C13H15Cl3N2Sn. The number of rotatable bonds is 3. The molecule has 6 heteroatoms. The van der Waals surface area contributed by atoms with Gasteiger partial charge in [0.05, 0.1) is 0 Å². The standard InChI is InChI=1S/C7H10N2.C6H5.3ClH.Sn/c8-5-4-7-3-1-2-6-9-7;1-2-4-6-5-3-1;;;;/h1-3,6H,4-5,8H2;1-5H;3*1H;/q;;;;;+3/p-3. The van der Waals surface area contributed by atoms with Crippen molar-refractivity contribution in [3.8, 4) is 0 Å². The van der Waals surface area contributed by atoms with Gasteiger partial charge in [0.15, 0.2) is 0 Å². The molecule has 0 radical (unpaired) electrons. The molecule has 1 heterocycles. The Hall–Kier alpha value is -0.00130. The Kier molecular flexibility index (Phi) is 8.10. The van der Waals surface area contributed by atoms with Crippen LogP contribution in [0, 0.1) is 0 Å². The Morgan fingerprint density at radius 3 is 2.00 bits per heavy atom. The van der Waals surface area contributed by atoms with Gasteiger partial charge in [-0.15, -0.1) is 0 Å². The van der Waals surface area contributed by atoms with Gasteiger partial charge in [0.1, 0.15) is 0 Å². The molecule has 2 rings (SSSR count). The van der Waals surface area contributed by atoms with E-state index in [1.165, 1.54) is 0 Å². The van der Waals surface area contributed by atoms with E-state index < -0.39 is 15.0 Å². The van der Waals surface area contributed by atoms with Gasteiger partial charge in [-0.3, -0.25) is 4.98 Å². The second-order valence-electron chi connectivity index (χ2n) is 3.72. The monoisotopic (exact) mass is 424 g/mol. The number of nitrogens with two attached hydrogens (primary N) is 1. The fraction of sp³-hybridized carbons (Fsp3) is 0.154. The molecule has 2 aromatic rings. The van der Waals surface area contributed by atoms with E-state index in [-0.39, 0.29) is 0 Å². The van der Waals surface area contributed by atoms with Crippen LogP contribution in [0.25, 0.3) is 0 Å². The van der Waals surface area contributed by atoms with Crippen LogP contribution in [0.2, 0.25) is 0 Å². The molecule has 0 saturated heterocycles. The summed E-state index contributed by atoms with van der Waals surface area (Å²) in [5.74, 6) is 0.